The zero-order valence-corrected chi connectivity index (χ0v) is 14.5. The molecule has 0 amide bonds. The van der Waals surface area contributed by atoms with E-state index in [4.69, 9.17) is 9.84 Å². The molecule has 0 unspecified atom stereocenters. The third kappa shape index (κ3) is 3.65. The molecule has 1 saturated carbocycles. The van der Waals surface area contributed by atoms with Crippen molar-refractivity contribution in [1.82, 2.24) is 19.7 Å². The number of fused-ring (bicyclic) bond motifs is 1. The third-order valence-corrected chi connectivity index (χ3v) is 5.43. The minimum atomic E-state index is 0.380. The van der Waals surface area contributed by atoms with Crippen LogP contribution in [-0.2, 0) is 24.4 Å². The Morgan fingerprint density at radius 2 is 2.26 bits per heavy atom. The van der Waals surface area contributed by atoms with E-state index >= 15 is 0 Å². The summed E-state index contributed by atoms with van der Waals surface area (Å²) in [5, 5.41) is 8.03. The number of thiazole rings is 1. The zero-order valence-electron chi connectivity index (χ0n) is 13.6. The van der Waals surface area contributed by atoms with Crippen molar-refractivity contribution in [3.05, 3.63) is 34.0 Å². The van der Waals surface area contributed by atoms with Crippen LogP contribution in [0.25, 0.3) is 0 Å². The standard InChI is InChI=1S/C17H24N4OS/c1-2-21-9-14-7-20(10-16-18-5-6-23-16)8-15(17(14)19-21)12-22-11-13-3-4-13/h5-6,9,13,15H,2-4,7-8,10-12H2,1H3/t15-/m1/s1. The molecule has 6 heteroatoms. The predicted molar refractivity (Wildman–Crippen MR) is 90.4 cm³/mol. The van der Waals surface area contributed by atoms with Crippen molar-refractivity contribution < 1.29 is 4.74 Å². The Morgan fingerprint density at radius 3 is 3.00 bits per heavy atom. The maximum atomic E-state index is 5.99. The summed E-state index contributed by atoms with van der Waals surface area (Å²) in [5.74, 6) is 1.20. The lowest BCUT2D eigenvalue weighted by atomic mass is 9.97. The first-order valence-electron chi connectivity index (χ1n) is 8.56. The molecule has 124 valence electrons. The fourth-order valence-electron chi connectivity index (χ4n) is 3.24. The largest absolute Gasteiger partial charge is 0.380 e. The van der Waals surface area contributed by atoms with Crippen molar-refractivity contribution in [2.24, 2.45) is 5.92 Å². The summed E-state index contributed by atoms with van der Waals surface area (Å²) < 4.78 is 8.05. The summed E-state index contributed by atoms with van der Waals surface area (Å²) in [5.41, 5.74) is 2.60. The minimum absolute atomic E-state index is 0.380. The van der Waals surface area contributed by atoms with Gasteiger partial charge in [-0.05, 0) is 25.7 Å². The van der Waals surface area contributed by atoms with Crippen LogP contribution in [0.1, 0.15) is 41.9 Å². The number of rotatable bonds is 7. The van der Waals surface area contributed by atoms with Crippen molar-refractivity contribution in [1.29, 1.82) is 0 Å². The molecule has 0 bridgehead atoms. The lowest BCUT2D eigenvalue weighted by Gasteiger charge is -2.31. The van der Waals surface area contributed by atoms with Gasteiger partial charge in [0.1, 0.15) is 5.01 Å². The summed E-state index contributed by atoms with van der Waals surface area (Å²) in [6.07, 6.45) is 6.78. The molecule has 0 N–H and O–H groups in total. The fraction of sp³-hybridized carbons (Fsp3) is 0.647. The Bertz CT molecular complexity index is 635. The van der Waals surface area contributed by atoms with Crippen LogP contribution in [0, 0.1) is 5.92 Å². The van der Waals surface area contributed by atoms with Crippen molar-refractivity contribution in [2.75, 3.05) is 19.8 Å². The van der Waals surface area contributed by atoms with E-state index in [0.717, 1.165) is 45.3 Å². The Labute approximate surface area is 141 Å². The van der Waals surface area contributed by atoms with Crippen molar-refractivity contribution in [3.8, 4) is 0 Å². The van der Waals surface area contributed by atoms with Gasteiger partial charge in [0.15, 0.2) is 0 Å². The highest BCUT2D eigenvalue weighted by Crippen LogP contribution is 2.31. The molecule has 1 fully saturated rings. The van der Waals surface area contributed by atoms with E-state index in [9.17, 15) is 0 Å². The third-order valence-electron chi connectivity index (χ3n) is 4.67. The van der Waals surface area contributed by atoms with Gasteiger partial charge < -0.3 is 4.74 Å². The molecule has 1 aliphatic carbocycles. The molecule has 1 aliphatic heterocycles. The second-order valence-corrected chi connectivity index (χ2v) is 7.65. The molecule has 0 saturated heterocycles. The molecule has 0 aromatic carbocycles. The number of hydrogen-bond donors (Lipinski definition) is 0. The van der Waals surface area contributed by atoms with E-state index in [1.165, 1.54) is 29.1 Å². The van der Waals surface area contributed by atoms with Gasteiger partial charge in [-0.2, -0.15) is 5.10 Å². The predicted octanol–water partition coefficient (Wildman–Crippen LogP) is 2.89. The van der Waals surface area contributed by atoms with Gasteiger partial charge in [-0.15, -0.1) is 11.3 Å². The summed E-state index contributed by atoms with van der Waals surface area (Å²) in [6.45, 7) is 7.68. The molecule has 23 heavy (non-hydrogen) atoms. The Hall–Kier alpha value is -1.24. The highest BCUT2D eigenvalue weighted by molar-refractivity contribution is 7.09. The first kappa shape index (κ1) is 15.3. The Morgan fingerprint density at radius 1 is 1.35 bits per heavy atom. The summed E-state index contributed by atoms with van der Waals surface area (Å²) >= 11 is 1.73. The molecule has 2 aromatic rings. The van der Waals surface area contributed by atoms with Crippen LogP contribution in [0.3, 0.4) is 0 Å². The number of nitrogens with zero attached hydrogens (tertiary/aromatic N) is 4. The second-order valence-electron chi connectivity index (χ2n) is 6.67. The zero-order chi connectivity index (χ0) is 15.6. The highest BCUT2D eigenvalue weighted by Gasteiger charge is 2.30. The van der Waals surface area contributed by atoms with E-state index in [1.54, 1.807) is 11.3 Å². The SMILES string of the molecule is CCn1cc2c(n1)[C@@H](COCC1CC1)CN(Cc1nccs1)C2. The van der Waals surface area contributed by atoms with Gasteiger partial charge in [-0.25, -0.2) is 4.98 Å². The van der Waals surface area contributed by atoms with E-state index in [1.807, 2.05) is 6.20 Å². The number of ether oxygens (including phenoxy) is 1. The van der Waals surface area contributed by atoms with Crippen LogP contribution in [-0.4, -0.2) is 39.4 Å². The maximum Gasteiger partial charge on any atom is 0.107 e. The minimum Gasteiger partial charge on any atom is -0.380 e. The fourth-order valence-corrected chi connectivity index (χ4v) is 3.90. The lowest BCUT2D eigenvalue weighted by molar-refractivity contribution is 0.0881. The monoisotopic (exact) mass is 332 g/mol. The lowest BCUT2D eigenvalue weighted by Crippen LogP contribution is -2.35. The van der Waals surface area contributed by atoms with Gasteiger partial charge in [0.05, 0.1) is 18.8 Å². The Balaban J connectivity index is 1.46. The number of hydrogen-bond acceptors (Lipinski definition) is 5. The van der Waals surface area contributed by atoms with Gasteiger partial charge >= 0.3 is 0 Å². The molecular formula is C17H24N4OS. The molecule has 1 atom stereocenters. The van der Waals surface area contributed by atoms with Gasteiger partial charge in [-0.3, -0.25) is 9.58 Å². The Kier molecular flexibility index (Phi) is 4.46. The molecule has 2 aromatic heterocycles. The summed E-state index contributed by atoms with van der Waals surface area (Å²) in [7, 11) is 0. The van der Waals surface area contributed by atoms with E-state index in [2.05, 4.69) is 33.1 Å². The van der Waals surface area contributed by atoms with Gasteiger partial charge in [0, 0.05) is 55.5 Å². The molecule has 4 rings (SSSR count). The molecular weight excluding hydrogens is 308 g/mol. The number of aromatic nitrogens is 3. The van der Waals surface area contributed by atoms with Crippen molar-refractivity contribution in [2.45, 2.75) is 45.3 Å². The van der Waals surface area contributed by atoms with Crippen LogP contribution in [0.4, 0.5) is 0 Å². The smallest absolute Gasteiger partial charge is 0.107 e. The summed E-state index contributed by atoms with van der Waals surface area (Å²) in [6, 6.07) is 0. The quantitative estimate of drug-likeness (QED) is 0.782. The molecule has 0 radical (unpaired) electrons. The van der Waals surface area contributed by atoms with Crippen LogP contribution in [0.5, 0.6) is 0 Å². The van der Waals surface area contributed by atoms with Gasteiger partial charge in [0.25, 0.3) is 0 Å². The molecule has 0 spiro atoms. The maximum absolute atomic E-state index is 5.99. The highest BCUT2D eigenvalue weighted by atomic mass is 32.1. The van der Waals surface area contributed by atoms with Crippen LogP contribution in [0.15, 0.2) is 17.8 Å². The van der Waals surface area contributed by atoms with Crippen molar-refractivity contribution >= 4 is 11.3 Å². The van der Waals surface area contributed by atoms with E-state index in [-0.39, 0.29) is 0 Å². The molecule has 3 heterocycles. The first-order chi connectivity index (χ1) is 11.3. The van der Waals surface area contributed by atoms with Gasteiger partial charge in [-0.1, -0.05) is 0 Å². The van der Waals surface area contributed by atoms with Crippen LogP contribution >= 0.6 is 11.3 Å². The van der Waals surface area contributed by atoms with E-state index in [0.29, 0.717) is 5.92 Å². The summed E-state index contributed by atoms with van der Waals surface area (Å²) in [4.78, 5) is 6.91. The number of aryl methyl sites for hydroxylation is 1. The van der Waals surface area contributed by atoms with Crippen LogP contribution < -0.4 is 0 Å². The average molecular weight is 332 g/mol. The molecule has 2 aliphatic rings. The average Bonchev–Trinajstić information content (AvgIpc) is 3.06. The molecule has 5 nitrogen and oxygen atoms in total. The first-order valence-corrected chi connectivity index (χ1v) is 9.44. The second kappa shape index (κ2) is 6.71. The van der Waals surface area contributed by atoms with Crippen LogP contribution in [0.2, 0.25) is 0 Å². The van der Waals surface area contributed by atoms with Crippen molar-refractivity contribution in [3.63, 3.8) is 0 Å². The topological polar surface area (TPSA) is 43.2 Å². The van der Waals surface area contributed by atoms with Gasteiger partial charge in [0.2, 0.25) is 0 Å². The van der Waals surface area contributed by atoms with E-state index < -0.39 is 0 Å². The normalized spacial score (nSPS) is 21.5.